The number of benzene rings is 1. The monoisotopic (exact) mass is 577 g/mol. The van der Waals surface area contributed by atoms with Crippen molar-refractivity contribution in [3.63, 3.8) is 0 Å². The number of likely N-dealkylation sites (tertiary alicyclic amines) is 1. The van der Waals surface area contributed by atoms with Crippen LogP contribution in [0.1, 0.15) is 55.4 Å². The van der Waals surface area contributed by atoms with Gasteiger partial charge in [0.05, 0.1) is 17.0 Å². The molecule has 5 N–H and O–H groups in total. The average molecular weight is 578 g/mol. The molecule has 0 radical (unpaired) electrons. The van der Waals surface area contributed by atoms with Gasteiger partial charge in [-0.15, -0.1) is 0 Å². The van der Waals surface area contributed by atoms with Crippen LogP contribution in [0.25, 0.3) is 22.2 Å². The van der Waals surface area contributed by atoms with Gasteiger partial charge in [0, 0.05) is 51.1 Å². The number of H-pyrrole nitrogens is 1. The zero-order valence-electron chi connectivity index (χ0n) is 24.4. The number of amides is 3. The molecule has 3 amide bonds. The van der Waals surface area contributed by atoms with Crippen LogP contribution in [0.5, 0.6) is 0 Å². The Hall–Kier alpha value is -4.52. The molecular formula is C29H36FN9O3. The van der Waals surface area contributed by atoms with Crippen LogP contribution in [-0.2, 0) is 12.1 Å². The number of carbonyl (C=O) groups is 2. The van der Waals surface area contributed by atoms with Crippen molar-refractivity contribution in [2.75, 3.05) is 26.0 Å². The van der Waals surface area contributed by atoms with E-state index >= 15 is 4.39 Å². The van der Waals surface area contributed by atoms with E-state index < -0.39 is 17.3 Å². The van der Waals surface area contributed by atoms with E-state index in [0.29, 0.717) is 34.9 Å². The fraction of sp³-hybridized carbons (Fsp3) is 0.414. The van der Waals surface area contributed by atoms with E-state index in [4.69, 9.17) is 10.3 Å². The van der Waals surface area contributed by atoms with Crippen molar-refractivity contribution < 1.29 is 18.5 Å². The van der Waals surface area contributed by atoms with Gasteiger partial charge in [0.25, 0.3) is 5.91 Å². The second-order valence-corrected chi connectivity index (χ2v) is 11.4. The molecule has 0 aliphatic carbocycles. The second-order valence-electron chi connectivity index (χ2n) is 11.4. The topological polar surface area (TPSA) is 158 Å². The largest absolute Gasteiger partial charge is 0.363 e. The number of nitrogens with one attached hydrogen (secondary N) is 3. The molecule has 3 aromatic heterocycles. The number of rotatable bonds is 7. The Morgan fingerprint density at radius 3 is 2.74 bits per heavy atom. The average Bonchev–Trinajstić information content (AvgIpc) is 3.61. The summed E-state index contributed by atoms with van der Waals surface area (Å²) in [6.45, 7) is 6.17. The highest BCUT2D eigenvalue weighted by Crippen LogP contribution is 2.34. The lowest BCUT2D eigenvalue weighted by atomic mass is 9.97. The van der Waals surface area contributed by atoms with Gasteiger partial charge in [0.15, 0.2) is 22.9 Å². The van der Waals surface area contributed by atoms with Crippen LogP contribution in [0.3, 0.4) is 0 Å². The first kappa shape index (κ1) is 29.0. The van der Waals surface area contributed by atoms with Crippen LogP contribution in [0.2, 0.25) is 0 Å². The summed E-state index contributed by atoms with van der Waals surface area (Å²) >= 11 is 0. The number of aromatic nitrogens is 4. The van der Waals surface area contributed by atoms with Crippen LogP contribution in [0.4, 0.5) is 15.0 Å². The first-order chi connectivity index (χ1) is 19.9. The molecule has 1 fully saturated rings. The SMILES string of the molecule is C[C@@H]1[C@H](Nc2n[nH]c3nccc(-c4ccc(CNC(=O)c5cc(C(C)(C)N)on5)c(F)c4)c23)CCCN1C(=O)N(C)C. The minimum atomic E-state index is -0.781. The first-order valence-corrected chi connectivity index (χ1v) is 13.8. The van der Waals surface area contributed by atoms with Gasteiger partial charge in [-0.05, 0) is 56.9 Å². The van der Waals surface area contributed by atoms with E-state index in [1.807, 2.05) is 17.9 Å². The Kier molecular flexibility index (Phi) is 7.87. The Morgan fingerprint density at radius 2 is 2.05 bits per heavy atom. The zero-order chi connectivity index (χ0) is 30.2. The Labute approximate surface area is 242 Å². The molecule has 12 nitrogen and oxygen atoms in total. The van der Waals surface area contributed by atoms with Gasteiger partial charge in [-0.3, -0.25) is 9.89 Å². The number of fused-ring (bicyclic) bond motifs is 1. The van der Waals surface area contributed by atoms with Gasteiger partial charge in [0.1, 0.15) is 5.82 Å². The Bertz CT molecular complexity index is 1610. The fourth-order valence-corrected chi connectivity index (χ4v) is 5.14. The highest BCUT2D eigenvalue weighted by atomic mass is 19.1. The predicted molar refractivity (Wildman–Crippen MR) is 156 cm³/mol. The maximum atomic E-state index is 15.3. The molecule has 42 heavy (non-hydrogen) atoms. The minimum absolute atomic E-state index is 0.0263. The third-order valence-electron chi connectivity index (χ3n) is 7.58. The summed E-state index contributed by atoms with van der Waals surface area (Å²) in [6, 6.07) is 8.04. The summed E-state index contributed by atoms with van der Waals surface area (Å²) in [7, 11) is 3.50. The summed E-state index contributed by atoms with van der Waals surface area (Å²) < 4.78 is 20.4. The zero-order valence-corrected chi connectivity index (χ0v) is 24.4. The van der Waals surface area contributed by atoms with E-state index in [9.17, 15) is 9.59 Å². The van der Waals surface area contributed by atoms with Crippen LogP contribution >= 0.6 is 0 Å². The number of urea groups is 1. The Morgan fingerprint density at radius 1 is 1.26 bits per heavy atom. The highest BCUT2D eigenvalue weighted by Gasteiger charge is 2.33. The number of anilines is 1. The second kappa shape index (κ2) is 11.4. The molecule has 1 aromatic carbocycles. The number of aromatic amines is 1. The van der Waals surface area contributed by atoms with Gasteiger partial charge in [0.2, 0.25) is 0 Å². The number of piperidine rings is 1. The third kappa shape index (κ3) is 5.77. The van der Waals surface area contributed by atoms with Crippen LogP contribution in [0.15, 0.2) is 41.1 Å². The molecule has 13 heteroatoms. The maximum Gasteiger partial charge on any atom is 0.319 e. The molecular weight excluding hydrogens is 541 g/mol. The lowest BCUT2D eigenvalue weighted by Crippen LogP contribution is -2.54. The lowest BCUT2D eigenvalue weighted by Gasteiger charge is -2.40. The Balaban J connectivity index is 1.34. The number of nitrogens with zero attached hydrogens (tertiary/aromatic N) is 5. The van der Waals surface area contributed by atoms with Gasteiger partial charge in [-0.2, -0.15) is 5.10 Å². The smallest absolute Gasteiger partial charge is 0.319 e. The van der Waals surface area contributed by atoms with Crippen molar-refractivity contribution in [1.29, 1.82) is 0 Å². The van der Waals surface area contributed by atoms with E-state index in [1.54, 1.807) is 51.2 Å². The van der Waals surface area contributed by atoms with Crippen molar-refractivity contribution in [2.24, 2.45) is 5.73 Å². The molecule has 5 rings (SSSR count). The van der Waals surface area contributed by atoms with E-state index in [0.717, 1.165) is 23.8 Å². The number of hydrogen-bond donors (Lipinski definition) is 4. The minimum Gasteiger partial charge on any atom is -0.363 e. The summed E-state index contributed by atoms with van der Waals surface area (Å²) in [5, 5.41) is 18.1. The van der Waals surface area contributed by atoms with Crippen molar-refractivity contribution in [3.05, 3.63) is 59.4 Å². The lowest BCUT2D eigenvalue weighted by molar-refractivity contribution is 0.0941. The summed E-state index contributed by atoms with van der Waals surface area (Å²) in [4.78, 5) is 33.1. The standard InChI is InChI=1S/C29H36FN9O3/c1-16-21(7-6-12-39(16)28(41)38(4)5)34-26-24-19(10-11-32-25(24)35-36-26)17-8-9-18(20(30)13-17)15-33-27(40)22-14-23(42-37-22)29(2,3)31/h8-11,13-14,16,21H,6-7,12,15,31H2,1-5H3,(H,33,40)(H2,32,34,35,36)/t16-,21-/m1/s1. The first-order valence-electron chi connectivity index (χ1n) is 13.8. The van der Waals surface area contributed by atoms with Crippen molar-refractivity contribution in [3.8, 4) is 11.1 Å². The highest BCUT2D eigenvalue weighted by molar-refractivity contribution is 6.00. The summed E-state index contributed by atoms with van der Waals surface area (Å²) in [5.74, 6) is -0.00493. The number of nitrogens with two attached hydrogens (primary N) is 1. The molecule has 1 saturated heterocycles. The summed E-state index contributed by atoms with van der Waals surface area (Å²) in [5.41, 5.74) is 7.53. The van der Waals surface area contributed by atoms with Gasteiger partial charge < -0.3 is 30.7 Å². The van der Waals surface area contributed by atoms with Crippen molar-refractivity contribution in [2.45, 2.75) is 57.8 Å². The third-order valence-corrected chi connectivity index (χ3v) is 7.58. The number of carbonyl (C=O) groups excluding carboxylic acids is 2. The van der Waals surface area contributed by atoms with E-state index in [2.05, 4.69) is 31.0 Å². The number of hydrogen-bond acceptors (Lipinski definition) is 8. The van der Waals surface area contributed by atoms with Crippen LogP contribution in [0, 0.1) is 5.82 Å². The molecule has 222 valence electrons. The normalized spacial score (nSPS) is 17.4. The molecule has 4 heterocycles. The molecule has 2 atom stereocenters. The molecule has 0 spiro atoms. The van der Waals surface area contributed by atoms with Gasteiger partial charge >= 0.3 is 6.03 Å². The van der Waals surface area contributed by atoms with Crippen LogP contribution < -0.4 is 16.4 Å². The maximum absolute atomic E-state index is 15.3. The molecule has 1 aliphatic rings. The molecule has 0 unspecified atom stereocenters. The predicted octanol–water partition coefficient (Wildman–Crippen LogP) is 3.82. The van der Waals surface area contributed by atoms with E-state index in [-0.39, 0.29) is 30.4 Å². The molecule has 0 saturated carbocycles. The number of halogens is 1. The van der Waals surface area contributed by atoms with Gasteiger partial charge in [-0.1, -0.05) is 17.3 Å². The summed E-state index contributed by atoms with van der Waals surface area (Å²) in [6.07, 6.45) is 3.37. The quantitative estimate of drug-likeness (QED) is 0.258. The molecule has 4 aromatic rings. The van der Waals surface area contributed by atoms with Crippen molar-refractivity contribution in [1.82, 2.24) is 35.5 Å². The molecule has 0 bridgehead atoms. The van der Waals surface area contributed by atoms with Gasteiger partial charge in [-0.25, -0.2) is 14.2 Å². The fourth-order valence-electron chi connectivity index (χ4n) is 5.14. The van der Waals surface area contributed by atoms with Crippen LogP contribution in [-0.4, -0.2) is 74.8 Å². The van der Waals surface area contributed by atoms with Crippen molar-refractivity contribution >= 4 is 28.8 Å². The molecule has 1 aliphatic heterocycles. The number of pyridine rings is 1. The van der Waals surface area contributed by atoms with E-state index in [1.165, 1.54) is 12.1 Å².